The summed E-state index contributed by atoms with van der Waals surface area (Å²) in [4.78, 5) is 10.2. The van der Waals surface area contributed by atoms with Crippen LogP contribution in [0.5, 0.6) is 0 Å². The van der Waals surface area contributed by atoms with Gasteiger partial charge in [-0.25, -0.2) is 0 Å². The van der Waals surface area contributed by atoms with Gasteiger partial charge in [0.05, 0.1) is 0 Å². The molecule has 0 spiro atoms. The van der Waals surface area contributed by atoms with E-state index in [1.54, 1.807) is 0 Å². The van der Waals surface area contributed by atoms with Crippen molar-refractivity contribution in [3.63, 3.8) is 0 Å². The average molecular weight is 432 g/mol. The number of carboxylic acid groups (broad SMARTS) is 1. The van der Waals surface area contributed by atoms with E-state index >= 15 is 0 Å². The van der Waals surface area contributed by atoms with Gasteiger partial charge in [0.15, 0.2) is 0 Å². The number of aliphatic carboxylic acids is 1. The minimum Gasteiger partial charge on any atom is -0.759 e. The van der Waals surface area contributed by atoms with Crippen LogP contribution in [0.25, 0.3) is 0 Å². The SMILES string of the molecule is CCCCCCCCCCCCCCCCCC(=O)[O-].O=S(=O)([O-])[O-].[Cr+3]. The Balaban J connectivity index is -0.000000772. The molecule has 0 amide bonds. The maximum absolute atomic E-state index is 10.2. The Morgan fingerprint density at radius 2 is 0.885 bits per heavy atom. The minimum absolute atomic E-state index is 0. The van der Waals surface area contributed by atoms with E-state index in [9.17, 15) is 9.90 Å². The second-order valence-electron chi connectivity index (χ2n) is 6.48. The van der Waals surface area contributed by atoms with Crippen LogP contribution in [-0.4, -0.2) is 23.5 Å². The molecule has 0 heterocycles. The fourth-order valence-corrected chi connectivity index (χ4v) is 2.64. The Bertz CT molecular complexity index is 379. The second kappa shape index (κ2) is 22.9. The molecule has 6 nitrogen and oxygen atoms in total. The molecule has 0 aliphatic carbocycles. The minimum atomic E-state index is -5.17. The number of carbonyl (C=O) groups excluding carboxylic acids is 1. The predicted molar refractivity (Wildman–Crippen MR) is 95.0 cm³/mol. The van der Waals surface area contributed by atoms with Crippen molar-refractivity contribution in [3.05, 3.63) is 0 Å². The van der Waals surface area contributed by atoms with Gasteiger partial charge in [0.25, 0.3) is 0 Å². The van der Waals surface area contributed by atoms with Crippen molar-refractivity contribution in [1.82, 2.24) is 0 Å². The van der Waals surface area contributed by atoms with E-state index in [4.69, 9.17) is 17.5 Å². The summed E-state index contributed by atoms with van der Waals surface area (Å²) in [6, 6.07) is 0. The quantitative estimate of drug-likeness (QED) is 0.209. The van der Waals surface area contributed by atoms with Crippen molar-refractivity contribution in [1.29, 1.82) is 0 Å². The van der Waals surface area contributed by atoms with Crippen LogP contribution in [0.1, 0.15) is 110 Å². The van der Waals surface area contributed by atoms with Crippen LogP contribution in [0.15, 0.2) is 0 Å². The van der Waals surface area contributed by atoms with Crippen LogP contribution >= 0.6 is 0 Å². The molecule has 0 aromatic carbocycles. The maximum atomic E-state index is 10.2. The third-order valence-electron chi connectivity index (χ3n) is 3.98. The largest absolute Gasteiger partial charge is 3.00 e. The van der Waals surface area contributed by atoms with Gasteiger partial charge in [0.2, 0.25) is 0 Å². The van der Waals surface area contributed by atoms with Gasteiger partial charge in [-0.05, 0) is 12.8 Å². The number of unbranched alkanes of at least 4 members (excludes halogenated alkanes) is 14. The molecule has 0 unspecified atom stereocenters. The molecular weight excluding hydrogens is 396 g/mol. The fourth-order valence-electron chi connectivity index (χ4n) is 2.64. The summed E-state index contributed by atoms with van der Waals surface area (Å²) in [5.74, 6) is -0.903. The van der Waals surface area contributed by atoms with E-state index < -0.39 is 16.4 Å². The summed E-state index contributed by atoms with van der Waals surface area (Å²) in [5.41, 5.74) is 0. The number of hydrogen-bond acceptors (Lipinski definition) is 6. The van der Waals surface area contributed by atoms with Gasteiger partial charge in [-0.2, -0.15) is 0 Å². The Morgan fingerprint density at radius 3 is 1.12 bits per heavy atom. The average Bonchev–Trinajstić information content (AvgIpc) is 2.49. The zero-order valence-electron chi connectivity index (χ0n) is 16.1. The van der Waals surface area contributed by atoms with Crippen LogP contribution in [0.4, 0.5) is 0 Å². The summed E-state index contributed by atoms with van der Waals surface area (Å²) < 4.78 is 34.1. The summed E-state index contributed by atoms with van der Waals surface area (Å²) in [5, 5.41) is 10.2. The van der Waals surface area contributed by atoms with Crippen molar-refractivity contribution < 1.29 is 44.8 Å². The molecule has 1 radical (unpaired) electrons. The van der Waals surface area contributed by atoms with Gasteiger partial charge in [0.1, 0.15) is 0 Å². The van der Waals surface area contributed by atoms with Crippen molar-refractivity contribution >= 4 is 16.4 Å². The van der Waals surface area contributed by atoms with Gasteiger partial charge in [0, 0.05) is 16.4 Å². The van der Waals surface area contributed by atoms with Gasteiger partial charge in [-0.1, -0.05) is 96.8 Å². The van der Waals surface area contributed by atoms with Crippen molar-refractivity contribution in [2.45, 2.75) is 110 Å². The molecule has 0 rings (SSSR count). The molecule has 0 bridgehead atoms. The molecule has 0 aromatic rings. The molecular formula is C18H35CrO6S. The molecule has 0 aliphatic heterocycles. The predicted octanol–water partition coefficient (Wildman–Crippen LogP) is 3.66. The third kappa shape index (κ3) is 43.9. The molecule has 8 heteroatoms. The summed E-state index contributed by atoms with van der Waals surface area (Å²) in [6.07, 6.45) is 19.9. The van der Waals surface area contributed by atoms with E-state index in [2.05, 4.69) is 6.92 Å². The van der Waals surface area contributed by atoms with Gasteiger partial charge in [-0.3, -0.25) is 8.42 Å². The van der Waals surface area contributed by atoms with E-state index in [1.807, 2.05) is 0 Å². The van der Waals surface area contributed by atoms with Crippen molar-refractivity contribution in [2.24, 2.45) is 0 Å². The van der Waals surface area contributed by atoms with E-state index in [0.717, 1.165) is 12.8 Å². The smallest absolute Gasteiger partial charge is 0.759 e. The van der Waals surface area contributed by atoms with Crippen molar-refractivity contribution in [2.75, 3.05) is 0 Å². The molecule has 0 saturated heterocycles. The van der Waals surface area contributed by atoms with Crippen molar-refractivity contribution in [3.8, 4) is 0 Å². The summed E-state index contributed by atoms with van der Waals surface area (Å²) >= 11 is 0. The Labute approximate surface area is 170 Å². The van der Waals surface area contributed by atoms with Crippen LogP contribution in [0.3, 0.4) is 0 Å². The molecule has 0 saturated carbocycles. The maximum Gasteiger partial charge on any atom is 3.00 e. The van der Waals surface area contributed by atoms with Gasteiger partial charge in [-0.15, -0.1) is 0 Å². The first-order chi connectivity index (χ1) is 11.8. The Hall–Kier alpha value is -0.128. The first-order valence-corrected chi connectivity index (χ1v) is 11.0. The Morgan fingerprint density at radius 1 is 0.654 bits per heavy atom. The molecule has 26 heavy (non-hydrogen) atoms. The van der Waals surface area contributed by atoms with Crippen LogP contribution < -0.4 is 5.11 Å². The molecule has 155 valence electrons. The fraction of sp³-hybridized carbons (Fsp3) is 0.944. The normalized spacial score (nSPS) is 10.6. The number of hydrogen-bond donors (Lipinski definition) is 0. The number of rotatable bonds is 16. The molecule has 0 aliphatic rings. The topological polar surface area (TPSA) is 120 Å². The molecule has 0 fully saturated rings. The van der Waals surface area contributed by atoms with E-state index in [-0.39, 0.29) is 23.8 Å². The second-order valence-corrected chi connectivity index (χ2v) is 7.30. The van der Waals surface area contributed by atoms with Gasteiger partial charge >= 0.3 is 17.4 Å². The zero-order valence-corrected chi connectivity index (χ0v) is 18.2. The standard InChI is InChI=1S/C18H36O2.Cr.H2O4S/c1-2-3-4-5-6-7-8-9-10-11-12-13-14-15-16-17-18(19)20;;1-5(2,3)4/h2-17H2,1H3,(H,19,20);;(H2,1,2,3,4)/q;+3;/p-3. The third-order valence-corrected chi connectivity index (χ3v) is 3.98. The summed E-state index contributed by atoms with van der Waals surface area (Å²) in [6.45, 7) is 2.27. The summed E-state index contributed by atoms with van der Waals surface area (Å²) in [7, 11) is -5.17. The first-order valence-electron chi connectivity index (χ1n) is 9.64. The van der Waals surface area contributed by atoms with Crippen LogP contribution in [0, 0.1) is 0 Å². The first kappa shape index (κ1) is 30.6. The van der Waals surface area contributed by atoms with Crippen LogP contribution in [-0.2, 0) is 32.6 Å². The number of carboxylic acids is 1. The van der Waals surface area contributed by atoms with Crippen LogP contribution in [0.2, 0.25) is 0 Å². The molecule has 0 aromatic heterocycles. The van der Waals surface area contributed by atoms with Gasteiger partial charge < -0.3 is 19.0 Å². The van der Waals surface area contributed by atoms with E-state index in [0.29, 0.717) is 0 Å². The Kier molecular flexibility index (Phi) is 27.0. The zero-order chi connectivity index (χ0) is 19.4. The monoisotopic (exact) mass is 431 g/mol. The molecule has 0 atom stereocenters. The van der Waals surface area contributed by atoms with E-state index in [1.165, 1.54) is 83.5 Å². The molecule has 0 N–H and O–H groups in total. The number of carbonyl (C=O) groups is 1.